The van der Waals surface area contributed by atoms with Crippen molar-refractivity contribution >= 4 is 34.6 Å². The standard InChI is InChI=1S/C27H21N3O6/c1-18-9-14-25(24(15-18)30(33)34)35-17-26(31)29-28-16-19-10-12-21(13-11-19)36-27(32)23-8-4-6-20-5-2-3-7-22(20)23/h2-16H,17H2,1H3,(H,29,31)/b28-16+. The molecule has 0 radical (unpaired) electrons. The van der Waals surface area contributed by atoms with Gasteiger partial charge in [-0.3, -0.25) is 14.9 Å². The number of hydrogen-bond acceptors (Lipinski definition) is 7. The Morgan fingerprint density at radius 2 is 1.75 bits per heavy atom. The molecule has 9 nitrogen and oxygen atoms in total. The number of carbonyl (C=O) groups excluding carboxylic acids is 2. The largest absolute Gasteiger partial charge is 0.477 e. The highest BCUT2D eigenvalue weighted by molar-refractivity contribution is 6.05. The van der Waals surface area contributed by atoms with Crippen LogP contribution in [0.3, 0.4) is 0 Å². The minimum absolute atomic E-state index is 0.00151. The van der Waals surface area contributed by atoms with Crippen LogP contribution in [0.25, 0.3) is 10.8 Å². The minimum atomic E-state index is -0.582. The lowest BCUT2D eigenvalue weighted by atomic mass is 10.0. The Kier molecular flexibility index (Phi) is 7.30. The number of nitrogens with one attached hydrogen (secondary N) is 1. The van der Waals surface area contributed by atoms with Crippen molar-refractivity contribution in [2.24, 2.45) is 5.10 Å². The molecule has 0 atom stereocenters. The van der Waals surface area contributed by atoms with Gasteiger partial charge in [0.15, 0.2) is 12.4 Å². The van der Waals surface area contributed by atoms with Gasteiger partial charge >= 0.3 is 11.7 Å². The molecule has 4 aromatic carbocycles. The summed E-state index contributed by atoms with van der Waals surface area (Å²) < 4.78 is 10.8. The summed E-state index contributed by atoms with van der Waals surface area (Å²) >= 11 is 0. The van der Waals surface area contributed by atoms with Crippen molar-refractivity contribution in [1.82, 2.24) is 5.43 Å². The van der Waals surface area contributed by atoms with Gasteiger partial charge in [-0.2, -0.15) is 5.10 Å². The predicted octanol–water partition coefficient (Wildman–Crippen LogP) is 4.80. The Balaban J connectivity index is 1.30. The van der Waals surface area contributed by atoms with E-state index in [0.29, 0.717) is 22.4 Å². The average molecular weight is 483 g/mol. The Labute approximate surface area is 206 Å². The molecule has 0 bridgehead atoms. The molecular formula is C27H21N3O6. The number of hydrazone groups is 1. The van der Waals surface area contributed by atoms with Crippen LogP contribution in [0.15, 0.2) is 90.0 Å². The topological polar surface area (TPSA) is 120 Å². The molecule has 1 amide bonds. The highest BCUT2D eigenvalue weighted by Gasteiger charge is 2.16. The van der Waals surface area contributed by atoms with Crippen LogP contribution in [0, 0.1) is 17.0 Å². The molecule has 0 saturated carbocycles. The van der Waals surface area contributed by atoms with Crippen molar-refractivity contribution in [3.8, 4) is 11.5 Å². The van der Waals surface area contributed by atoms with Crippen LogP contribution < -0.4 is 14.9 Å². The third-order valence-electron chi connectivity index (χ3n) is 5.17. The number of amides is 1. The number of aryl methyl sites for hydroxylation is 1. The third-order valence-corrected chi connectivity index (χ3v) is 5.17. The van der Waals surface area contributed by atoms with Crippen molar-refractivity contribution in [3.05, 3.63) is 112 Å². The molecule has 0 aliphatic rings. The number of esters is 1. The smallest absolute Gasteiger partial charge is 0.344 e. The first kappa shape index (κ1) is 24.1. The molecule has 9 heteroatoms. The summed E-state index contributed by atoms with van der Waals surface area (Å²) in [6.45, 7) is 1.28. The highest BCUT2D eigenvalue weighted by Crippen LogP contribution is 2.27. The Morgan fingerprint density at radius 3 is 2.53 bits per heavy atom. The zero-order valence-corrected chi connectivity index (χ0v) is 19.2. The first-order valence-electron chi connectivity index (χ1n) is 10.9. The number of fused-ring (bicyclic) bond motifs is 1. The summed E-state index contributed by atoms with van der Waals surface area (Å²) in [7, 11) is 0. The first-order valence-corrected chi connectivity index (χ1v) is 10.9. The van der Waals surface area contributed by atoms with Crippen molar-refractivity contribution in [2.75, 3.05) is 6.61 Å². The average Bonchev–Trinajstić information content (AvgIpc) is 2.88. The fourth-order valence-electron chi connectivity index (χ4n) is 3.43. The fourth-order valence-corrected chi connectivity index (χ4v) is 3.43. The van der Waals surface area contributed by atoms with Crippen molar-refractivity contribution in [2.45, 2.75) is 6.92 Å². The van der Waals surface area contributed by atoms with E-state index in [2.05, 4.69) is 10.5 Å². The molecule has 0 spiro atoms. The molecule has 0 aliphatic carbocycles. The van der Waals surface area contributed by atoms with E-state index in [4.69, 9.17) is 9.47 Å². The SMILES string of the molecule is Cc1ccc(OCC(=O)N/N=C/c2ccc(OC(=O)c3cccc4ccccc34)cc2)c([N+](=O)[O-])c1. The number of nitro groups is 1. The van der Waals surface area contributed by atoms with E-state index in [9.17, 15) is 19.7 Å². The van der Waals surface area contributed by atoms with Gasteiger partial charge in [-0.15, -0.1) is 0 Å². The van der Waals surface area contributed by atoms with Crippen LogP contribution in [-0.2, 0) is 4.79 Å². The van der Waals surface area contributed by atoms with Crippen molar-refractivity contribution in [3.63, 3.8) is 0 Å². The van der Waals surface area contributed by atoms with Crippen molar-refractivity contribution < 1.29 is 24.0 Å². The third kappa shape index (κ3) is 5.89. The van der Waals surface area contributed by atoms with E-state index in [1.54, 1.807) is 49.4 Å². The predicted molar refractivity (Wildman–Crippen MR) is 134 cm³/mol. The maximum Gasteiger partial charge on any atom is 0.344 e. The molecule has 36 heavy (non-hydrogen) atoms. The number of nitrogens with zero attached hydrogens (tertiary/aromatic N) is 2. The molecule has 4 aromatic rings. The van der Waals surface area contributed by atoms with Gasteiger partial charge in [0.1, 0.15) is 5.75 Å². The van der Waals surface area contributed by atoms with Gasteiger partial charge < -0.3 is 9.47 Å². The lowest BCUT2D eigenvalue weighted by Gasteiger charge is -2.07. The maximum atomic E-state index is 12.7. The molecule has 0 aromatic heterocycles. The maximum absolute atomic E-state index is 12.7. The molecule has 0 aliphatic heterocycles. The normalized spacial score (nSPS) is 10.8. The molecule has 0 unspecified atom stereocenters. The quantitative estimate of drug-likeness (QED) is 0.126. The van der Waals surface area contributed by atoms with E-state index in [0.717, 1.165) is 10.8 Å². The Morgan fingerprint density at radius 1 is 1.00 bits per heavy atom. The molecule has 4 rings (SSSR count). The van der Waals surface area contributed by atoms with Gasteiger partial charge in [0.05, 0.1) is 16.7 Å². The monoisotopic (exact) mass is 483 g/mol. The molecule has 1 N–H and O–H groups in total. The van der Waals surface area contributed by atoms with Gasteiger partial charge in [0.2, 0.25) is 0 Å². The van der Waals surface area contributed by atoms with Gasteiger partial charge in [-0.25, -0.2) is 10.2 Å². The van der Waals surface area contributed by atoms with Gasteiger partial charge in [0.25, 0.3) is 5.91 Å². The number of ether oxygens (including phenoxy) is 2. The first-order chi connectivity index (χ1) is 17.4. The van der Waals surface area contributed by atoms with Gasteiger partial charge in [0, 0.05) is 6.07 Å². The highest BCUT2D eigenvalue weighted by atomic mass is 16.6. The van der Waals surface area contributed by atoms with Gasteiger partial charge in [-0.1, -0.05) is 42.5 Å². The second kappa shape index (κ2) is 10.9. The molecule has 0 fully saturated rings. The molecule has 0 saturated heterocycles. The zero-order valence-electron chi connectivity index (χ0n) is 19.2. The summed E-state index contributed by atoms with van der Waals surface area (Å²) in [6, 6.07) is 24.1. The summed E-state index contributed by atoms with van der Waals surface area (Å²) in [5.41, 5.74) is 3.91. The van der Waals surface area contributed by atoms with Crippen LogP contribution in [0.1, 0.15) is 21.5 Å². The van der Waals surface area contributed by atoms with Crippen molar-refractivity contribution in [1.29, 1.82) is 0 Å². The second-order valence-corrected chi connectivity index (χ2v) is 7.80. The van der Waals surface area contributed by atoms with Crippen LogP contribution in [0.4, 0.5) is 5.69 Å². The van der Waals surface area contributed by atoms with Crippen LogP contribution in [-0.4, -0.2) is 29.6 Å². The number of rotatable bonds is 8. The van der Waals surface area contributed by atoms with E-state index >= 15 is 0 Å². The Hall–Kier alpha value is -5.05. The zero-order chi connectivity index (χ0) is 25.5. The summed E-state index contributed by atoms with van der Waals surface area (Å²) in [4.78, 5) is 35.2. The van der Waals surface area contributed by atoms with E-state index in [1.807, 2.05) is 30.3 Å². The summed E-state index contributed by atoms with van der Waals surface area (Å²) in [5.74, 6) is -0.684. The second-order valence-electron chi connectivity index (χ2n) is 7.80. The van der Waals surface area contributed by atoms with E-state index in [-0.39, 0.29) is 11.4 Å². The minimum Gasteiger partial charge on any atom is -0.477 e. The molecule has 0 heterocycles. The number of hydrogen-bond donors (Lipinski definition) is 1. The molecule has 180 valence electrons. The Bertz CT molecular complexity index is 1460. The molecular weight excluding hydrogens is 462 g/mol. The van der Waals surface area contributed by atoms with Crippen LogP contribution >= 0.6 is 0 Å². The summed E-state index contributed by atoms with van der Waals surface area (Å²) in [5, 5.41) is 16.7. The number of nitro benzene ring substituents is 1. The number of benzene rings is 4. The number of carbonyl (C=O) groups is 2. The van der Waals surface area contributed by atoms with Gasteiger partial charge in [-0.05, 0) is 65.2 Å². The fraction of sp³-hybridized carbons (Fsp3) is 0.0741. The summed E-state index contributed by atoms with van der Waals surface area (Å²) in [6.07, 6.45) is 1.41. The van der Waals surface area contributed by atoms with Crippen LogP contribution in [0.5, 0.6) is 11.5 Å². The lowest BCUT2D eigenvalue weighted by Crippen LogP contribution is -2.24. The lowest BCUT2D eigenvalue weighted by molar-refractivity contribution is -0.385. The van der Waals surface area contributed by atoms with E-state index in [1.165, 1.54) is 18.3 Å². The van der Waals surface area contributed by atoms with E-state index < -0.39 is 23.4 Å². The van der Waals surface area contributed by atoms with Crippen LogP contribution in [0.2, 0.25) is 0 Å².